The molecule has 1 saturated heterocycles. The van der Waals surface area contributed by atoms with Crippen LogP contribution in [0.1, 0.15) is 37.3 Å². The summed E-state index contributed by atoms with van der Waals surface area (Å²) in [5.74, 6) is 0.529. The van der Waals surface area contributed by atoms with Crippen LogP contribution in [-0.2, 0) is 4.79 Å². The number of ether oxygens (including phenoxy) is 1. The number of thioether (sulfide) groups is 1. The number of nitrogens with zero attached hydrogens (tertiary/aromatic N) is 3. The number of aromatic nitrogens is 2. The van der Waals surface area contributed by atoms with Crippen molar-refractivity contribution in [3.05, 3.63) is 75.0 Å². The van der Waals surface area contributed by atoms with Gasteiger partial charge in [0.1, 0.15) is 21.3 Å². The van der Waals surface area contributed by atoms with Gasteiger partial charge >= 0.3 is 0 Å². The first-order chi connectivity index (χ1) is 15.5. The van der Waals surface area contributed by atoms with Gasteiger partial charge in [0.25, 0.3) is 11.5 Å². The van der Waals surface area contributed by atoms with Gasteiger partial charge in [0.05, 0.1) is 4.91 Å². The topological polar surface area (TPSA) is 63.9 Å². The Morgan fingerprint density at radius 2 is 1.91 bits per heavy atom. The van der Waals surface area contributed by atoms with Crippen LogP contribution in [0.5, 0.6) is 11.6 Å². The predicted octanol–water partition coefficient (Wildman–Crippen LogP) is 5.19. The average Bonchev–Trinajstić information content (AvgIpc) is 3.05. The molecule has 0 N–H and O–H groups in total. The smallest absolute Gasteiger partial charge is 0.269 e. The van der Waals surface area contributed by atoms with E-state index in [1.54, 1.807) is 35.4 Å². The Hall–Kier alpha value is -2.97. The third-order valence-electron chi connectivity index (χ3n) is 5.10. The van der Waals surface area contributed by atoms with Crippen molar-refractivity contribution in [1.29, 1.82) is 0 Å². The molecular weight excluding hydrogens is 442 g/mol. The molecule has 1 aliphatic rings. The number of pyridine rings is 1. The number of hydrogen-bond donors (Lipinski definition) is 0. The monoisotopic (exact) mass is 465 g/mol. The van der Waals surface area contributed by atoms with E-state index in [9.17, 15) is 9.59 Å². The standard InChI is InChI=1S/C24H23N3O3S2/c1-3-4-6-14-27-23(29)19(32-24(27)31)15-18-21(30-17-11-9-16(2)10-12-17)25-20-8-5-7-13-26(20)22(18)28/h5,7-13,15H,3-4,6,14H2,1-2H3. The molecule has 0 spiro atoms. The summed E-state index contributed by atoms with van der Waals surface area (Å²) in [6.45, 7) is 4.68. The van der Waals surface area contributed by atoms with Gasteiger partial charge in [0.15, 0.2) is 0 Å². The Labute approximate surface area is 195 Å². The highest BCUT2D eigenvalue weighted by Crippen LogP contribution is 2.34. The van der Waals surface area contributed by atoms with E-state index in [1.807, 2.05) is 31.2 Å². The summed E-state index contributed by atoms with van der Waals surface area (Å²) in [4.78, 5) is 32.8. The molecule has 0 saturated carbocycles. The highest BCUT2D eigenvalue weighted by Gasteiger charge is 2.32. The van der Waals surface area contributed by atoms with Crippen molar-refractivity contribution in [2.24, 2.45) is 0 Å². The minimum Gasteiger partial charge on any atom is -0.438 e. The van der Waals surface area contributed by atoms with Crippen LogP contribution in [-0.4, -0.2) is 31.1 Å². The zero-order valence-corrected chi connectivity index (χ0v) is 19.5. The highest BCUT2D eigenvalue weighted by atomic mass is 32.2. The molecule has 32 heavy (non-hydrogen) atoms. The van der Waals surface area contributed by atoms with Crippen molar-refractivity contribution >= 4 is 45.9 Å². The van der Waals surface area contributed by atoms with E-state index in [4.69, 9.17) is 17.0 Å². The Kier molecular flexibility index (Phi) is 6.72. The van der Waals surface area contributed by atoms with Gasteiger partial charge in [-0.05, 0) is 43.7 Å². The summed E-state index contributed by atoms with van der Waals surface area (Å²) >= 11 is 6.62. The van der Waals surface area contributed by atoms with E-state index in [-0.39, 0.29) is 22.9 Å². The molecule has 164 valence electrons. The Bertz CT molecular complexity index is 1270. The van der Waals surface area contributed by atoms with Crippen molar-refractivity contribution in [2.45, 2.75) is 33.1 Å². The van der Waals surface area contributed by atoms with Crippen molar-refractivity contribution in [2.75, 3.05) is 6.54 Å². The number of unbranched alkanes of at least 4 members (excludes halogenated alkanes) is 2. The molecule has 6 nitrogen and oxygen atoms in total. The van der Waals surface area contributed by atoms with Gasteiger partial charge in [-0.2, -0.15) is 4.98 Å². The number of carbonyl (C=O) groups is 1. The molecule has 1 aliphatic heterocycles. The summed E-state index contributed by atoms with van der Waals surface area (Å²) in [7, 11) is 0. The van der Waals surface area contributed by atoms with E-state index >= 15 is 0 Å². The van der Waals surface area contributed by atoms with E-state index in [1.165, 1.54) is 16.2 Å². The average molecular weight is 466 g/mol. The minimum atomic E-state index is -0.311. The van der Waals surface area contributed by atoms with Gasteiger partial charge in [-0.3, -0.25) is 18.9 Å². The van der Waals surface area contributed by atoms with Crippen LogP contribution in [0, 0.1) is 6.92 Å². The molecule has 0 radical (unpaired) electrons. The second kappa shape index (κ2) is 9.67. The van der Waals surface area contributed by atoms with Crippen LogP contribution < -0.4 is 10.3 Å². The predicted molar refractivity (Wildman–Crippen MR) is 132 cm³/mol. The van der Waals surface area contributed by atoms with Gasteiger partial charge in [-0.1, -0.05) is 67.5 Å². The lowest BCUT2D eigenvalue weighted by Crippen LogP contribution is -2.29. The Morgan fingerprint density at radius 1 is 1.12 bits per heavy atom. The minimum absolute atomic E-state index is 0.154. The number of amides is 1. The first-order valence-electron chi connectivity index (χ1n) is 10.5. The fraction of sp³-hybridized carbons (Fsp3) is 0.250. The lowest BCUT2D eigenvalue weighted by molar-refractivity contribution is -0.122. The molecule has 0 atom stereocenters. The van der Waals surface area contributed by atoms with Crippen LogP contribution in [0.15, 0.2) is 58.4 Å². The molecule has 1 aromatic carbocycles. The fourth-order valence-electron chi connectivity index (χ4n) is 3.35. The van der Waals surface area contributed by atoms with Crippen LogP contribution in [0.25, 0.3) is 11.7 Å². The largest absolute Gasteiger partial charge is 0.438 e. The number of hydrogen-bond acceptors (Lipinski definition) is 6. The quantitative estimate of drug-likeness (QED) is 0.272. The molecule has 0 unspecified atom stereocenters. The molecule has 1 amide bonds. The first kappa shape index (κ1) is 22.2. The molecule has 4 rings (SSSR count). The highest BCUT2D eigenvalue weighted by molar-refractivity contribution is 8.26. The normalized spacial score (nSPS) is 15.2. The van der Waals surface area contributed by atoms with Crippen molar-refractivity contribution in [1.82, 2.24) is 14.3 Å². The number of aryl methyl sites for hydroxylation is 1. The van der Waals surface area contributed by atoms with E-state index in [0.717, 1.165) is 24.8 Å². The lowest BCUT2D eigenvalue weighted by atomic mass is 10.2. The van der Waals surface area contributed by atoms with Gasteiger partial charge in [-0.15, -0.1) is 0 Å². The third-order valence-corrected chi connectivity index (χ3v) is 6.48. The maximum atomic E-state index is 13.3. The van der Waals surface area contributed by atoms with Crippen LogP contribution >= 0.6 is 24.0 Å². The number of carbonyl (C=O) groups excluding carboxylic acids is 1. The number of fused-ring (bicyclic) bond motifs is 1. The van der Waals surface area contributed by atoms with Crippen molar-refractivity contribution in [3.8, 4) is 11.6 Å². The molecule has 0 bridgehead atoms. The lowest BCUT2D eigenvalue weighted by Gasteiger charge is -2.13. The Balaban J connectivity index is 1.76. The van der Waals surface area contributed by atoms with Crippen molar-refractivity contribution < 1.29 is 9.53 Å². The fourth-order valence-corrected chi connectivity index (χ4v) is 4.64. The van der Waals surface area contributed by atoms with Crippen LogP contribution in [0.2, 0.25) is 0 Å². The molecule has 8 heteroatoms. The molecule has 0 aliphatic carbocycles. The second-order valence-corrected chi connectivity index (χ2v) is 9.20. The zero-order valence-electron chi connectivity index (χ0n) is 17.9. The van der Waals surface area contributed by atoms with E-state index in [2.05, 4.69) is 11.9 Å². The van der Waals surface area contributed by atoms with Crippen LogP contribution in [0.4, 0.5) is 0 Å². The van der Waals surface area contributed by atoms with E-state index < -0.39 is 0 Å². The van der Waals surface area contributed by atoms with Crippen LogP contribution in [0.3, 0.4) is 0 Å². The molecule has 1 fully saturated rings. The molecular formula is C24H23N3O3S2. The Morgan fingerprint density at radius 3 is 2.66 bits per heavy atom. The van der Waals surface area contributed by atoms with E-state index in [0.29, 0.717) is 27.2 Å². The number of rotatable bonds is 7. The SMILES string of the molecule is CCCCCN1C(=O)C(=Cc2c(Oc3ccc(C)cc3)nc3ccccn3c2=O)SC1=S. The summed E-state index contributed by atoms with van der Waals surface area (Å²) < 4.78 is 7.94. The van der Waals surface area contributed by atoms with Gasteiger partial charge in [0, 0.05) is 12.7 Å². The summed E-state index contributed by atoms with van der Waals surface area (Å²) in [6, 6.07) is 12.8. The maximum absolute atomic E-state index is 13.3. The second-order valence-electron chi connectivity index (χ2n) is 7.52. The summed E-state index contributed by atoms with van der Waals surface area (Å²) in [5.41, 5.74) is 1.46. The maximum Gasteiger partial charge on any atom is 0.269 e. The van der Waals surface area contributed by atoms with Gasteiger partial charge in [0.2, 0.25) is 5.88 Å². The van der Waals surface area contributed by atoms with Gasteiger partial charge in [-0.25, -0.2) is 0 Å². The number of thiocarbonyl (C=S) groups is 1. The summed E-state index contributed by atoms with van der Waals surface area (Å²) in [6.07, 6.45) is 6.17. The molecule has 3 heterocycles. The van der Waals surface area contributed by atoms with Gasteiger partial charge < -0.3 is 4.74 Å². The third kappa shape index (κ3) is 4.61. The summed E-state index contributed by atoms with van der Waals surface area (Å²) in [5, 5.41) is 0. The zero-order chi connectivity index (χ0) is 22.7. The molecule has 3 aromatic rings. The van der Waals surface area contributed by atoms with Crippen molar-refractivity contribution in [3.63, 3.8) is 0 Å². The number of benzene rings is 1. The molecule has 2 aromatic heterocycles. The first-order valence-corrected chi connectivity index (χ1v) is 11.7.